The van der Waals surface area contributed by atoms with E-state index in [-0.39, 0.29) is 17.7 Å². The summed E-state index contributed by atoms with van der Waals surface area (Å²) >= 11 is 0. The van der Waals surface area contributed by atoms with Crippen LogP contribution < -0.4 is 18.9 Å². The van der Waals surface area contributed by atoms with Crippen LogP contribution in [0.2, 0.25) is 0 Å². The van der Waals surface area contributed by atoms with Crippen LogP contribution in [0, 0.1) is 0 Å². The highest BCUT2D eigenvalue weighted by atomic mass is 16.7. The van der Waals surface area contributed by atoms with Gasteiger partial charge in [0.05, 0.1) is 7.11 Å². The Morgan fingerprint density at radius 3 is 2.04 bits per heavy atom. The summed E-state index contributed by atoms with van der Waals surface area (Å²) in [6, 6.07) is 27.0. The number of unbranched alkanes of at least 4 members (excludes halogenated alkanes) is 3. The predicted octanol–water partition coefficient (Wildman–Crippen LogP) is 8.88. The minimum absolute atomic E-state index is 0.187. The molecule has 7 nitrogen and oxygen atoms in total. The molecule has 236 valence electrons. The first kappa shape index (κ1) is 31.9. The maximum absolute atomic E-state index is 13.3. The second-order valence-corrected chi connectivity index (χ2v) is 11.3. The number of hydrogen-bond acceptors (Lipinski definition) is 7. The molecule has 1 N–H and O–H groups in total. The van der Waals surface area contributed by atoms with E-state index in [1.54, 1.807) is 12.1 Å². The Morgan fingerprint density at radius 2 is 1.40 bits per heavy atom. The first-order valence-corrected chi connectivity index (χ1v) is 15.8. The van der Waals surface area contributed by atoms with Crippen molar-refractivity contribution in [1.29, 1.82) is 0 Å². The minimum atomic E-state index is -1.75. The van der Waals surface area contributed by atoms with Gasteiger partial charge in [0.15, 0.2) is 11.5 Å². The van der Waals surface area contributed by atoms with Gasteiger partial charge < -0.3 is 28.8 Å². The van der Waals surface area contributed by atoms with E-state index in [0.717, 1.165) is 42.4 Å². The quantitative estimate of drug-likeness (QED) is 0.100. The predicted molar refractivity (Wildman–Crippen MR) is 173 cm³/mol. The summed E-state index contributed by atoms with van der Waals surface area (Å²) in [5.41, 5.74) is 3.47. The average molecular weight is 611 g/mol. The van der Waals surface area contributed by atoms with Crippen molar-refractivity contribution >= 4 is 5.97 Å². The van der Waals surface area contributed by atoms with E-state index < -0.39 is 11.8 Å². The Hall–Kier alpha value is -4.49. The van der Waals surface area contributed by atoms with Crippen LogP contribution in [0.3, 0.4) is 0 Å². The Morgan fingerprint density at radius 1 is 0.756 bits per heavy atom. The Bertz CT molecular complexity index is 1570. The number of hydrogen-bond donors (Lipinski definition) is 1. The maximum Gasteiger partial charge on any atom is 0.345 e. The van der Waals surface area contributed by atoms with Gasteiger partial charge in [-0.05, 0) is 42.5 Å². The van der Waals surface area contributed by atoms with Crippen LogP contribution in [0.4, 0.5) is 0 Å². The molecule has 0 aliphatic carbocycles. The van der Waals surface area contributed by atoms with Gasteiger partial charge in [0, 0.05) is 29.7 Å². The highest BCUT2D eigenvalue weighted by Crippen LogP contribution is 2.48. The number of benzene rings is 4. The molecule has 1 aliphatic heterocycles. The molecule has 1 atom stereocenters. The van der Waals surface area contributed by atoms with Crippen molar-refractivity contribution in [2.24, 2.45) is 0 Å². The van der Waals surface area contributed by atoms with E-state index >= 15 is 0 Å². The summed E-state index contributed by atoms with van der Waals surface area (Å²) in [5.74, 6) is -0.0734. The molecule has 0 bridgehead atoms. The average Bonchev–Trinajstić information content (AvgIpc) is 3.33. The van der Waals surface area contributed by atoms with Gasteiger partial charge in [0.2, 0.25) is 5.79 Å². The molecule has 1 heterocycles. The Kier molecular flexibility index (Phi) is 10.6. The van der Waals surface area contributed by atoms with Crippen molar-refractivity contribution < 1.29 is 33.6 Å². The third-order valence-electron chi connectivity index (χ3n) is 7.92. The molecule has 0 radical (unpaired) electrons. The van der Waals surface area contributed by atoms with E-state index in [9.17, 15) is 9.90 Å². The van der Waals surface area contributed by atoms with Gasteiger partial charge in [-0.2, -0.15) is 0 Å². The number of cyclic esters (lactones) is 1. The number of ether oxygens (including phenoxy) is 5. The number of methoxy groups -OCH3 is 1. The van der Waals surface area contributed by atoms with Crippen LogP contribution in [0.1, 0.15) is 85.0 Å². The Labute approximate surface area is 265 Å². The lowest BCUT2D eigenvalue weighted by Crippen LogP contribution is -2.25. The van der Waals surface area contributed by atoms with Crippen molar-refractivity contribution in [2.75, 3.05) is 7.11 Å². The summed E-state index contributed by atoms with van der Waals surface area (Å²) in [6.07, 6.45) is 5.54. The molecule has 0 saturated heterocycles. The van der Waals surface area contributed by atoms with Gasteiger partial charge >= 0.3 is 5.97 Å². The molecule has 5 rings (SSSR count). The SMILES string of the molecule is CCCCCc1cc(OCc2ccccc2)cc(OCc2ccccc2)c1Oc1cc(OC)cc2c1C(=O)OC2(O)CCCC. The molecule has 7 heteroatoms. The van der Waals surface area contributed by atoms with E-state index in [1.165, 1.54) is 7.11 Å². The third kappa shape index (κ3) is 7.78. The molecule has 0 saturated carbocycles. The fourth-order valence-electron chi connectivity index (χ4n) is 5.44. The number of fused-ring (bicyclic) bond motifs is 1. The maximum atomic E-state index is 13.3. The number of aryl methyl sites for hydroxylation is 1. The van der Waals surface area contributed by atoms with Crippen molar-refractivity contribution in [3.8, 4) is 28.7 Å². The summed E-state index contributed by atoms with van der Waals surface area (Å²) in [7, 11) is 1.54. The summed E-state index contributed by atoms with van der Waals surface area (Å²) < 4.78 is 30.5. The zero-order valence-electron chi connectivity index (χ0n) is 26.3. The van der Waals surface area contributed by atoms with E-state index in [4.69, 9.17) is 23.7 Å². The summed E-state index contributed by atoms with van der Waals surface area (Å²) in [6.45, 7) is 4.89. The molecule has 0 aromatic heterocycles. The smallest absolute Gasteiger partial charge is 0.345 e. The fourth-order valence-corrected chi connectivity index (χ4v) is 5.44. The first-order valence-electron chi connectivity index (χ1n) is 15.8. The third-order valence-corrected chi connectivity index (χ3v) is 7.92. The van der Waals surface area contributed by atoms with Crippen molar-refractivity contribution in [1.82, 2.24) is 0 Å². The molecule has 0 spiro atoms. The number of carbonyl (C=O) groups is 1. The van der Waals surface area contributed by atoms with Gasteiger partial charge in [-0.15, -0.1) is 0 Å². The molecule has 4 aromatic carbocycles. The molecular weight excluding hydrogens is 568 g/mol. The lowest BCUT2D eigenvalue weighted by Gasteiger charge is -2.23. The van der Waals surface area contributed by atoms with Crippen molar-refractivity contribution in [2.45, 2.75) is 77.8 Å². The van der Waals surface area contributed by atoms with Crippen LogP contribution >= 0.6 is 0 Å². The topological polar surface area (TPSA) is 83.5 Å². The molecule has 1 unspecified atom stereocenters. The van der Waals surface area contributed by atoms with Crippen LogP contribution in [0.25, 0.3) is 0 Å². The molecule has 1 aliphatic rings. The Balaban J connectivity index is 1.58. The molecule has 45 heavy (non-hydrogen) atoms. The number of carbonyl (C=O) groups excluding carboxylic acids is 1. The van der Waals surface area contributed by atoms with Crippen LogP contribution in [0.5, 0.6) is 28.7 Å². The lowest BCUT2D eigenvalue weighted by atomic mass is 9.96. The molecular formula is C38H42O7. The number of aliphatic hydroxyl groups is 1. The number of esters is 1. The van der Waals surface area contributed by atoms with E-state index in [1.807, 2.05) is 79.7 Å². The summed E-state index contributed by atoms with van der Waals surface area (Å²) in [5, 5.41) is 11.4. The molecule has 0 fully saturated rings. The molecule has 4 aromatic rings. The van der Waals surface area contributed by atoms with Crippen LogP contribution in [-0.2, 0) is 30.2 Å². The highest BCUT2D eigenvalue weighted by Gasteiger charge is 2.46. The number of rotatable bonds is 16. The van der Waals surface area contributed by atoms with Gasteiger partial charge in [-0.3, -0.25) is 0 Å². The van der Waals surface area contributed by atoms with Crippen LogP contribution in [0.15, 0.2) is 84.9 Å². The summed E-state index contributed by atoms with van der Waals surface area (Å²) in [4.78, 5) is 13.3. The van der Waals surface area contributed by atoms with Gasteiger partial charge in [0.25, 0.3) is 0 Å². The van der Waals surface area contributed by atoms with Crippen LogP contribution in [-0.4, -0.2) is 18.2 Å². The highest BCUT2D eigenvalue weighted by molar-refractivity contribution is 5.98. The zero-order chi connectivity index (χ0) is 31.6. The van der Waals surface area contributed by atoms with Gasteiger partial charge in [-0.25, -0.2) is 4.79 Å². The second-order valence-electron chi connectivity index (χ2n) is 11.3. The fraction of sp³-hybridized carbons (Fsp3) is 0.342. The lowest BCUT2D eigenvalue weighted by molar-refractivity contribution is -0.168. The van der Waals surface area contributed by atoms with Gasteiger partial charge in [-0.1, -0.05) is 93.8 Å². The van der Waals surface area contributed by atoms with Gasteiger partial charge in [0.1, 0.15) is 36.0 Å². The minimum Gasteiger partial charge on any atom is -0.497 e. The standard InChI is InChI=1S/C38H42O7/c1-4-6-10-19-29-21-31(42-25-27-15-11-8-12-16-27)24-34(43-26-28-17-13-9-14-18-28)36(29)44-33-23-30(41-3)22-32-35(33)37(39)45-38(32,40)20-7-5-2/h8-9,11-18,21-24,40H,4-7,10,19-20,25-26H2,1-3H3. The largest absolute Gasteiger partial charge is 0.497 e. The first-order chi connectivity index (χ1) is 21.9. The zero-order valence-corrected chi connectivity index (χ0v) is 26.3. The van der Waals surface area contributed by atoms with Crippen molar-refractivity contribution in [3.63, 3.8) is 0 Å². The molecule has 0 amide bonds. The van der Waals surface area contributed by atoms with E-state index in [2.05, 4.69) is 6.92 Å². The normalized spacial score (nSPS) is 15.3. The van der Waals surface area contributed by atoms with Crippen molar-refractivity contribution in [3.05, 3.63) is 113 Å². The van der Waals surface area contributed by atoms with E-state index in [0.29, 0.717) is 54.6 Å². The second kappa shape index (κ2) is 15.0. The monoisotopic (exact) mass is 610 g/mol.